The number of aliphatic carboxylic acids is 1. The van der Waals surface area contributed by atoms with Crippen molar-refractivity contribution in [2.24, 2.45) is 5.92 Å². The molecule has 80 valence electrons. The fraction of sp³-hybridized carbons (Fsp3) is 0.900. The van der Waals surface area contributed by atoms with E-state index >= 15 is 0 Å². The van der Waals surface area contributed by atoms with Gasteiger partial charge in [-0.3, -0.25) is 4.79 Å². The molecular weight excluding hydrogens is 184 g/mol. The molecule has 0 amide bonds. The standard InChI is InChI=1S/C10H16O4/c1-7-6-13-10(14-7)4-2-8(3-5-10)9(11)12/h7-8H,2-6H2,1H3,(H,11,12). The molecule has 4 heteroatoms. The Hall–Kier alpha value is -0.610. The van der Waals surface area contributed by atoms with Gasteiger partial charge in [0.15, 0.2) is 5.79 Å². The summed E-state index contributed by atoms with van der Waals surface area (Å²) in [5.41, 5.74) is 0. The van der Waals surface area contributed by atoms with Crippen molar-refractivity contribution in [2.45, 2.75) is 44.5 Å². The van der Waals surface area contributed by atoms with Crippen LogP contribution in [0.5, 0.6) is 0 Å². The molecule has 2 rings (SSSR count). The van der Waals surface area contributed by atoms with Gasteiger partial charge in [0.05, 0.1) is 18.6 Å². The summed E-state index contributed by atoms with van der Waals surface area (Å²) in [6, 6.07) is 0. The molecule has 1 aliphatic carbocycles. The highest BCUT2D eigenvalue weighted by atomic mass is 16.7. The summed E-state index contributed by atoms with van der Waals surface area (Å²) in [5, 5.41) is 8.84. The number of carbonyl (C=O) groups is 1. The highest BCUT2D eigenvalue weighted by Crippen LogP contribution is 2.39. The van der Waals surface area contributed by atoms with Gasteiger partial charge in [0, 0.05) is 12.8 Å². The maximum absolute atomic E-state index is 10.7. The van der Waals surface area contributed by atoms with Crippen molar-refractivity contribution in [2.75, 3.05) is 6.61 Å². The summed E-state index contributed by atoms with van der Waals surface area (Å²) in [6.45, 7) is 2.62. The van der Waals surface area contributed by atoms with Crippen LogP contribution in [0.15, 0.2) is 0 Å². The van der Waals surface area contributed by atoms with Crippen molar-refractivity contribution in [3.05, 3.63) is 0 Å². The Kier molecular flexibility index (Phi) is 2.49. The van der Waals surface area contributed by atoms with E-state index < -0.39 is 11.8 Å². The van der Waals surface area contributed by atoms with Crippen LogP contribution in [0.4, 0.5) is 0 Å². The lowest BCUT2D eigenvalue weighted by Crippen LogP contribution is -2.37. The van der Waals surface area contributed by atoms with Crippen LogP contribution >= 0.6 is 0 Å². The third-order valence-electron chi connectivity index (χ3n) is 3.09. The van der Waals surface area contributed by atoms with E-state index in [2.05, 4.69) is 0 Å². The molecule has 2 aliphatic rings. The van der Waals surface area contributed by atoms with Crippen LogP contribution in [0.2, 0.25) is 0 Å². The normalized spacial score (nSPS) is 42.9. The van der Waals surface area contributed by atoms with Crippen molar-refractivity contribution >= 4 is 5.97 Å². The summed E-state index contributed by atoms with van der Waals surface area (Å²) in [7, 11) is 0. The number of hydrogen-bond acceptors (Lipinski definition) is 3. The minimum absolute atomic E-state index is 0.149. The maximum atomic E-state index is 10.7. The average molecular weight is 200 g/mol. The van der Waals surface area contributed by atoms with E-state index in [0.717, 1.165) is 0 Å². The van der Waals surface area contributed by atoms with Crippen molar-refractivity contribution < 1.29 is 19.4 Å². The third kappa shape index (κ3) is 1.77. The Morgan fingerprint density at radius 2 is 2.07 bits per heavy atom. The lowest BCUT2D eigenvalue weighted by Gasteiger charge is -2.34. The maximum Gasteiger partial charge on any atom is 0.306 e. The second-order valence-electron chi connectivity index (χ2n) is 4.26. The van der Waals surface area contributed by atoms with E-state index in [1.54, 1.807) is 0 Å². The summed E-state index contributed by atoms with van der Waals surface area (Å²) < 4.78 is 11.3. The molecule has 2 fully saturated rings. The lowest BCUT2D eigenvalue weighted by molar-refractivity contribution is -0.193. The first-order valence-corrected chi connectivity index (χ1v) is 5.16. The second kappa shape index (κ2) is 3.51. The Morgan fingerprint density at radius 3 is 2.50 bits per heavy atom. The predicted octanol–water partition coefficient (Wildman–Crippen LogP) is 1.39. The van der Waals surface area contributed by atoms with E-state index in [1.165, 1.54) is 0 Å². The molecule has 0 aromatic rings. The van der Waals surface area contributed by atoms with Crippen LogP contribution in [0.25, 0.3) is 0 Å². The highest BCUT2D eigenvalue weighted by molar-refractivity contribution is 5.70. The molecule has 1 unspecified atom stereocenters. The van der Waals surface area contributed by atoms with Crippen LogP contribution in [0.3, 0.4) is 0 Å². The number of carboxylic acids is 1. The van der Waals surface area contributed by atoms with Gasteiger partial charge in [0.25, 0.3) is 0 Å². The van der Waals surface area contributed by atoms with E-state index in [1.807, 2.05) is 6.92 Å². The summed E-state index contributed by atoms with van der Waals surface area (Å²) in [4.78, 5) is 10.7. The average Bonchev–Trinajstić information content (AvgIpc) is 2.48. The zero-order valence-electron chi connectivity index (χ0n) is 8.36. The second-order valence-corrected chi connectivity index (χ2v) is 4.26. The molecule has 1 heterocycles. The minimum Gasteiger partial charge on any atom is -0.481 e. The van der Waals surface area contributed by atoms with E-state index in [0.29, 0.717) is 32.3 Å². The Bertz CT molecular complexity index is 230. The first-order chi connectivity index (χ1) is 6.61. The van der Waals surface area contributed by atoms with Crippen molar-refractivity contribution in [3.8, 4) is 0 Å². The smallest absolute Gasteiger partial charge is 0.306 e. The molecule has 1 saturated heterocycles. The van der Waals surface area contributed by atoms with Crippen LogP contribution < -0.4 is 0 Å². The van der Waals surface area contributed by atoms with Gasteiger partial charge in [0.1, 0.15) is 0 Å². The van der Waals surface area contributed by atoms with Crippen molar-refractivity contribution in [3.63, 3.8) is 0 Å². The van der Waals surface area contributed by atoms with E-state index in [4.69, 9.17) is 14.6 Å². The largest absolute Gasteiger partial charge is 0.481 e. The van der Waals surface area contributed by atoms with Gasteiger partial charge < -0.3 is 14.6 Å². The third-order valence-corrected chi connectivity index (χ3v) is 3.09. The number of carboxylic acid groups (broad SMARTS) is 1. The quantitative estimate of drug-likeness (QED) is 0.695. The molecule has 0 aromatic carbocycles. The molecule has 1 N–H and O–H groups in total. The number of ether oxygens (including phenoxy) is 2. The molecule has 0 bridgehead atoms. The Labute approximate surface area is 83.2 Å². The molecule has 1 atom stereocenters. The SMILES string of the molecule is CC1COC2(CCC(C(=O)O)CC2)O1. The van der Waals surface area contributed by atoms with Gasteiger partial charge in [-0.2, -0.15) is 0 Å². The van der Waals surface area contributed by atoms with Crippen molar-refractivity contribution in [1.82, 2.24) is 0 Å². The zero-order chi connectivity index (χ0) is 10.2. The predicted molar refractivity (Wildman–Crippen MR) is 48.8 cm³/mol. The van der Waals surface area contributed by atoms with E-state index in [-0.39, 0.29) is 12.0 Å². The fourth-order valence-electron chi connectivity index (χ4n) is 2.27. The minimum atomic E-state index is -0.689. The van der Waals surface area contributed by atoms with Crippen LogP contribution in [0.1, 0.15) is 32.6 Å². The van der Waals surface area contributed by atoms with Gasteiger partial charge in [-0.25, -0.2) is 0 Å². The molecule has 1 aliphatic heterocycles. The Balaban J connectivity index is 1.92. The van der Waals surface area contributed by atoms with Gasteiger partial charge in [-0.1, -0.05) is 0 Å². The molecule has 14 heavy (non-hydrogen) atoms. The molecule has 0 aromatic heterocycles. The van der Waals surface area contributed by atoms with Gasteiger partial charge >= 0.3 is 5.97 Å². The molecule has 1 saturated carbocycles. The van der Waals surface area contributed by atoms with Crippen LogP contribution in [-0.4, -0.2) is 29.6 Å². The summed E-state index contributed by atoms with van der Waals surface area (Å²) >= 11 is 0. The summed E-state index contributed by atoms with van der Waals surface area (Å²) in [5.74, 6) is -1.35. The summed E-state index contributed by atoms with van der Waals surface area (Å²) in [6.07, 6.45) is 2.92. The fourth-order valence-corrected chi connectivity index (χ4v) is 2.27. The lowest BCUT2D eigenvalue weighted by atomic mass is 9.85. The van der Waals surface area contributed by atoms with E-state index in [9.17, 15) is 4.79 Å². The topological polar surface area (TPSA) is 55.8 Å². The molecular formula is C10H16O4. The zero-order valence-corrected chi connectivity index (χ0v) is 8.36. The molecule has 0 radical (unpaired) electrons. The molecule has 4 nitrogen and oxygen atoms in total. The first kappa shape index (κ1) is 9.93. The van der Waals surface area contributed by atoms with Crippen molar-refractivity contribution in [1.29, 1.82) is 0 Å². The first-order valence-electron chi connectivity index (χ1n) is 5.16. The monoisotopic (exact) mass is 200 g/mol. The van der Waals surface area contributed by atoms with Crippen LogP contribution in [-0.2, 0) is 14.3 Å². The van der Waals surface area contributed by atoms with Crippen LogP contribution in [0, 0.1) is 5.92 Å². The highest BCUT2D eigenvalue weighted by Gasteiger charge is 2.44. The Morgan fingerprint density at radius 1 is 1.43 bits per heavy atom. The number of hydrogen-bond donors (Lipinski definition) is 1. The number of rotatable bonds is 1. The van der Waals surface area contributed by atoms with Gasteiger partial charge in [-0.05, 0) is 19.8 Å². The molecule has 1 spiro atoms. The van der Waals surface area contributed by atoms with Gasteiger partial charge in [-0.15, -0.1) is 0 Å². The van der Waals surface area contributed by atoms with Gasteiger partial charge in [0.2, 0.25) is 0 Å².